The molecule has 6 N–H and O–H groups in total. The lowest BCUT2D eigenvalue weighted by Gasteiger charge is -2.08. The van der Waals surface area contributed by atoms with Gasteiger partial charge in [0.05, 0.1) is 19.0 Å². The molecule has 0 radical (unpaired) electrons. The molecule has 0 bridgehead atoms. The van der Waals surface area contributed by atoms with Gasteiger partial charge in [0.2, 0.25) is 11.9 Å². The highest BCUT2D eigenvalue weighted by Crippen LogP contribution is 2.24. The van der Waals surface area contributed by atoms with E-state index in [1.165, 1.54) is 19.0 Å². The van der Waals surface area contributed by atoms with E-state index in [2.05, 4.69) is 20.6 Å². The van der Waals surface area contributed by atoms with Crippen LogP contribution in [0.2, 0.25) is 0 Å². The van der Waals surface area contributed by atoms with Crippen molar-refractivity contribution in [3.05, 3.63) is 30.5 Å². The van der Waals surface area contributed by atoms with Crippen molar-refractivity contribution in [2.24, 2.45) is 5.92 Å². The minimum absolute atomic E-state index is 0.176. The Hall–Kier alpha value is -3.03. The number of nitrogen functional groups attached to an aromatic ring is 2. The minimum atomic E-state index is 0.176. The number of rotatable bonds is 5. The average Bonchev–Trinajstić information content (AvgIpc) is 3.21. The maximum Gasteiger partial charge on any atom is 0.223 e. The fourth-order valence-electron chi connectivity index (χ4n) is 2.82. The van der Waals surface area contributed by atoms with Crippen LogP contribution in [0.25, 0.3) is 0 Å². The Balaban J connectivity index is 0.000000223. The van der Waals surface area contributed by atoms with Gasteiger partial charge in [0.15, 0.2) is 5.82 Å². The van der Waals surface area contributed by atoms with Crippen LogP contribution in [0.15, 0.2) is 30.5 Å². The molecule has 0 saturated heterocycles. The summed E-state index contributed by atoms with van der Waals surface area (Å²) < 4.78 is 5.06. The summed E-state index contributed by atoms with van der Waals surface area (Å²) in [5, 5.41) is 5.90. The van der Waals surface area contributed by atoms with Gasteiger partial charge in [-0.25, -0.2) is 4.98 Å². The first kappa shape index (κ1) is 20.3. The lowest BCUT2D eigenvalue weighted by molar-refractivity contribution is -0.124. The summed E-state index contributed by atoms with van der Waals surface area (Å²) in [6.45, 7) is 2.74. The topological polar surface area (TPSA) is 128 Å². The van der Waals surface area contributed by atoms with Crippen molar-refractivity contribution < 1.29 is 9.53 Å². The number of carbonyl (C=O) groups excluding carboxylic acids is 1. The third kappa shape index (κ3) is 6.32. The SMILES string of the molecule is CCNC(=O)C1CCCC1.COc1ccc(Nc2nc(N)ncc2N)cc1. The molecule has 0 aliphatic heterocycles. The van der Waals surface area contributed by atoms with Crippen LogP contribution >= 0.6 is 0 Å². The van der Waals surface area contributed by atoms with Crippen LogP contribution in [0.3, 0.4) is 0 Å². The minimum Gasteiger partial charge on any atom is -0.497 e. The Morgan fingerprint density at radius 3 is 2.48 bits per heavy atom. The average molecular weight is 372 g/mol. The van der Waals surface area contributed by atoms with Gasteiger partial charge in [-0.3, -0.25) is 4.79 Å². The Bertz CT molecular complexity index is 729. The van der Waals surface area contributed by atoms with Crippen molar-refractivity contribution in [3.63, 3.8) is 0 Å². The number of carbonyl (C=O) groups is 1. The number of hydrogen-bond donors (Lipinski definition) is 4. The number of hydrogen-bond acceptors (Lipinski definition) is 7. The third-order valence-electron chi connectivity index (χ3n) is 4.27. The second-order valence-electron chi connectivity index (χ2n) is 6.26. The van der Waals surface area contributed by atoms with Crippen LogP contribution in [-0.4, -0.2) is 29.5 Å². The van der Waals surface area contributed by atoms with Gasteiger partial charge in [0, 0.05) is 18.2 Å². The third-order valence-corrected chi connectivity index (χ3v) is 4.27. The molecule has 0 unspecified atom stereocenters. The van der Waals surface area contributed by atoms with Crippen molar-refractivity contribution in [2.45, 2.75) is 32.6 Å². The fourth-order valence-corrected chi connectivity index (χ4v) is 2.82. The van der Waals surface area contributed by atoms with Gasteiger partial charge in [-0.1, -0.05) is 12.8 Å². The van der Waals surface area contributed by atoms with Gasteiger partial charge in [-0.05, 0) is 44.0 Å². The van der Waals surface area contributed by atoms with Crippen LogP contribution in [0.5, 0.6) is 5.75 Å². The van der Waals surface area contributed by atoms with E-state index < -0.39 is 0 Å². The number of nitrogens with one attached hydrogen (secondary N) is 2. The quantitative estimate of drug-likeness (QED) is 0.635. The summed E-state index contributed by atoms with van der Waals surface area (Å²) >= 11 is 0. The van der Waals surface area contributed by atoms with Crippen LogP contribution in [0, 0.1) is 5.92 Å². The second-order valence-corrected chi connectivity index (χ2v) is 6.26. The first-order valence-corrected chi connectivity index (χ1v) is 9.10. The number of nitrogens with zero attached hydrogens (tertiary/aromatic N) is 2. The molecular weight excluding hydrogens is 344 g/mol. The molecule has 8 nitrogen and oxygen atoms in total. The number of methoxy groups -OCH3 is 1. The van der Waals surface area contributed by atoms with Crippen molar-refractivity contribution >= 4 is 29.0 Å². The summed E-state index contributed by atoms with van der Waals surface area (Å²) in [6.07, 6.45) is 6.15. The number of amides is 1. The molecule has 1 aliphatic carbocycles. The summed E-state index contributed by atoms with van der Waals surface area (Å²) in [7, 11) is 1.62. The second kappa shape index (κ2) is 10.2. The largest absolute Gasteiger partial charge is 0.497 e. The molecular formula is C19H28N6O2. The molecule has 1 aromatic carbocycles. The molecule has 1 heterocycles. The highest BCUT2D eigenvalue weighted by molar-refractivity contribution is 5.78. The lowest BCUT2D eigenvalue weighted by Crippen LogP contribution is -2.28. The van der Waals surface area contributed by atoms with Crippen molar-refractivity contribution in [1.29, 1.82) is 0 Å². The molecule has 1 aliphatic rings. The highest BCUT2D eigenvalue weighted by atomic mass is 16.5. The molecule has 2 aromatic rings. The van der Waals surface area contributed by atoms with Crippen LogP contribution in [-0.2, 0) is 4.79 Å². The van der Waals surface area contributed by atoms with E-state index in [0.29, 0.717) is 17.4 Å². The van der Waals surface area contributed by atoms with Crippen LogP contribution in [0.1, 0.15) is 32.6 Å². The Kier molecular flexibility index (Phi) is 7.66. The van der Waals surface area contributed by atoms with Crippen LogP contribution < -0.4 is 26.8 Å². The van der Waals surface area contributed by atoms with E-state index in [9.17, 15) is 4.79 Å². The van der Waals surface area contributed by atoms with Gasteiger partial charge in [-0.15, -0.1) is 0 Å². The van der Waals surface area contributed by atoms with Gasteiger partial charge in [-0.2, -0.15) is 4.98 Å². The molecule has 27 heavy (non-hydrogen) atoms. The Morgan fingerprint density at radius 1 is 1.22 bits per heavy atom. The predicted octanol–water partition coefficient (Wildman–Crippen LogP) is 2.71. The first-order chi connectivity index (χ1) is 13.0. The number of aromatic nitrogens is 2. The zero-order valence-electron chi connectivity index (χ0n) is 15.9. The van der Waals surface area contributed by atoms with E-state index in [1.807, 2.05) is 31.2 Å². The predicted molar refractivity (Wildman–Crippen MR) is 108 cm³/mol. The number of anilines is 4. The van der Waals surface area contributed by atoms with E-state index in [-0.39, 0.29) is 11.9 Å². The number of ether oxygens (including phenoxy) is 1. The van der Waals surface area contributed by atoms with Crippen LogP contribution in [0.4, 0.5) is 23.1 Å². The number of benzene rings is 1. The van der Waals surface area contributed by atoms with Gasteiger partial charge >= 0.3 is 0 Å². The maximum atomic E-state index is 11.1. The summed E-state index contributed by atoms with van der Waals surface area (Å²) in [6, 6.07) is 7.39. The van der Waals surface area contributed by atoms with Gasteiger partial charge < -0.3 is 26.8 Å². The van der Waals surface area contributed by atoms with E-state index in [1.54, 1.807) is 7.11 Å². The van der Waals surface area contributed by atoms with E-state index in [0.717, 1.165) is 30.8 Å². The zero-order chi connectivity index (χ0) is 19.6. The van der Waals surface area contributed by atoms with Crippen molar-refractivity contribution in [1.82, 2.24) is 15.3 Å². The molecule has 0 spiro atoms. The first-order valence-electron chi connectivity index (χ1n) is 9.10. The number of nitrogens with two attached hydrogens (primary N) is 2. The Morgan fingerprint density at radius 2 is 1.89 bits per heavy atom. The molecule has 8 heteroatoms. The standard InChI is InChI=1S/C11H13N5O.C8H15NO/c1-17-8-4-2-7(3-5-8)15-10-9(12)6-14-11(13)16-10;1-2-9-8(10)7-5-3-4-6-7/h2-6H,12H2,1H3,(H3,13,14,15,16);7H,2-6H2,1H3,(H,9,10). The van der Waals surface area contributed by atoms with E-state index in [4.69, 9.17) is 16.2 Å². The fraction of sp³-hybridized carbons (Fsp3) is 0.421. The van der Waals surface area contributed by atoms with E-state index >= 15 is 0 Å². The summed E-state index contributed by atoms with van der Waals surface area (Å²) in [5.41, 5.74) is 12.5. The molecule has 1 amide bonds. The van der Waals surface area contributed by atoms with Gasteiger partial charge in [0.25, 0.3) is 0 Å². The molecule has 1 fully saturated rings. The van der Waals surface area contributed by atoms with Crippen molar-refractivity contribution in [3.8, 4) is 5.75 Å². The zero-order valence-corrected chi connectivity index (χ0v) is 15.9. The summed E-state index contributed by atoms with van der Waals surface area (Å²) in [4.78, 5) is 18.9. The van der Waals surface area contributed by atoms with Gasteiger partial charge in [0.1, 0.15) is 5.75 Å². The summed E-state index contributed by atoms with van der Waals surface area (Å²) in [5.74, 6) is 2.04. The molecule has 1 saturated carbocycles. The maximum absolute atomic E-state index is 11.1. The normalized spacial score (nSPS) is 13.4. The molecule has 146 valence electrons. The lowest BCUT2D eigenvalue weighted by atomic mass is 10.1. The Labute approximate surface area is 159 Å². The smallest absolute Gasteiger partial charge is 0.223 e. The monoisotopic (exact) mass is 372 g/mol. The highest BCUT2D eigenvalue weighted by Gasteiger charge is 2.21. The molecule has 1 aromatic heterocycles. The molecule has 0 atom stereocenters. The molecule has 3 rings (SSSR count). The van der Waals surface area contributed by atoms with Crippen molar-refractivity contribution in [2.75, 3.05) is 30.4 Å².